The van der Waals surface area contributed by atoms with E-state index in [2.05, 4.69) is 20.9 Å². The van der Waals surface area contributed by atoms with Crippen LogP contribution in [0.2, 0.25) is 0 Å². The van der Waals surface area contributed by atoms with Gasteiger partial charge < -0.3 is 26.6 Å². The van der Waals surface area contributed by atoms with Gasteiger partial charge in [0.05, 0.1) is 12.1 Å². The number of nitrogens with one attached hydrogen (secondary N) is 3. The summed E-state index contributed by atoms with van der Waals surface area (Å²) in [5, 5.41) is 10.3. The zero-order valence-corrected chi connectivity index (χ0v) is 28.2. The largest absolute Gasteiger partial charge is 0.363 e. The zero-order chi connectivity index (χ0) is 33.4. The summed E-state index contributed by atoms with van der Waals surface area (Å²) >= 11 is 1.19. The predicted molar refractivity (Wildman–Crippen MR) is 169 cm³/mol. The normalized spacial score (nSPS) is 24.1. The quantitative estimate of drug-likeness (QED) is 0.188. The second-order valence-corrected chi connectivity index (χ2v) is 15.8. The molecule has 0 spiro atoms. The van der Waals surface area contributed by atoms with Crippen LogP contribution < -0.4 is 21.7 Å². The molecule has 3 fully saturated rings. The van der Waals surface area contributed by atoms with Crippen molar-refractivity contribution in [3.8, 4) is 0 Å². The van der Waals surface area contributed by atoms with Gasteiger partial charge >= 0.3 is 6.03 Å². The first-order valence-electron chi connectivity index (χ1n) is 15.9. The Balaban J connectivity index is 1.52. The van der Waals surface area contributed by atoms with E-state index in [0.717, 1.165) is 19.3 Å². The Bertz CT molecular complexity index is 1320. The Morgan fingerprint density at radius 3 is 2.27 bits per heavy atom. The summed E-state index contributed by atoms with van der Waals surface area (Å²) in [6.45, 7) is 13.5. The summed E-state index contributed by atoms with van der Waals surface area (Å²) in [6, 6.07) is -4.50. The molecule has 5 amide bonds. The van der Waals surface area contributed by atoms with E-state index in [1.54, 1.807) is 5.38 Å². The lowest BCUT2D eigenvalue weighted by molar-refractivity contribution is -0.145. The first-order chi connectivity index (χ1) is 20.9. The van der Waals surface area contributed by atoms with Gasteiger partial charge in [-0.3, -0.25) is 24.0 Å². The lowest BCUT2D eigenvalue weighted by atomic mass is 9.81. The molecule has 1 aliphatic heterocycles. The third kappa shape index (κ3) is 7.39. The van der Waals surface area contributed by atoms with Crippen molar-refractivity contribution in [3.05, 3.63) is 16.6 Å². The van der Waals surface area contributed by atoms with Crippen molar-refractivity contribution in [2.24, 2.45) is 40.2 Å². The Morgan fingerprint density at radius 1 is 1.09 bits per heavy atom. The minimum absolute atomic E-state index is 0.0631. The van der Waals surface area contributed by atoms with Gasteiger partial charge in [0.2, 0.25) is 23.4 Å². The number of carbonyl (C=O) groups excluding carboxylic acids is 6. The molecular weight excluding hydrogens is 596 g/mol. The molecule has 1 aromatic heterocycles. The van der Waals surface area contributed by atoms with E-state index >= 15 is 0 Å². The lowest BCUT2D eigenvalue weighted by Crippen LogP contribution is -2.62. The number of urea groups is 1. The Labute approximate surface area is 269 Å². The molecule has 6 atom stereocenters. The smallest absolute Gasteiger partial charge is 0.316 e. The van der Waals surface area contributed by atoms with Crippen molar-refractivity contribution >= 4 is 46.7 Å². The van der Waals surface area contributed by atoms with Crippen LogP contribution in [0.4, 0.5) is 4.79 Å². The van der Waals surface area contributed by atoms with Crippen molar-refractivity contribution in [1.29, 1.82) is 0 Å². The molecule has 1 aromatic rings. The number of piperidine rings is 1. The van der Waals surface area contributed by atoms with E-state index in [1.807, 2.05) is 48.5 Å². The summed E-state index contributed by atoms with van der Waals surface area (Å²) in [4.78, 5) is 84.6. The number of likely N-dealkylation sites (tertiary alicyclic amines) is 1. The van der Waals surface area contributed by atoms with Crippen molar-refractivity contribution in [2.45, 2.75) is 105 Å². The second kappa shape index (κ2) is 13.2. The highest BCUT2D eigenvalue weighted by Gasteiger charge is 2.70. The summed E-state index contributed by atoms with van der Waals surface area (Å²) in [5.41, 5.74) is 4.38. The molecule has 12 nitrogen and oxygen atoms in total. The number of hydrogen-bond donors (Lipinski definition) is 4. The van der Waals surface area contributed by atoms with Gasteiger partial charge in [-0.15, -0.1) is 11.3 Å². The first kappa shape index (κ1) is 34.5. The standard InChI is InChI=1S/C32H48N6O6S/c1-16(2)21(24(40)28-34-13-14-45-28)36-30(44)37-25(31(3,4)5)29(43)38-15-18-20(32(18,6)7)22(38)27(42)35-19(23(39)26(33)41)12-11-17-9-8-10-17/h13-14,16-22,25H,8-12,15H2,1-7H3,(H2,33,41)(H,35,42)(H2,36,37,44)/t18-,19?,20-,21-,22-,25+/m0/s1. The molecule has 2 saturated carbocycles. The fraction of sp³-hybridized carbons (Fsp3) is 0.719. The number of Topliss-reactive ketones (excluding diaryl/α,β-unsaturated/α-hetero) is 2. The molecule has 13 heteroatoms. The van der Waals surface area contributed by atoms with Crippen molar-refractivity contribution in [2.75, 3.05) is 6.54 Å². The number of primary amides is 1. The monoisotopic (exact) mass is 644 g/mol. The SMILES string of the molecule is CC(C)[C@H](NC(=O)N[C@H](C(=O)N1C[C@H]2[C@@H]([C@H]1C(=O)NC(CCC1CCC1)C(=O)C(N)=O)C2(C)C)C(C)(C)C)C(=O)c1nccs1. The van der Waals surface area contributed by atoms with E-state index in [4.69, 9.17) is 5.73 Å². The average Bonchev–Trinajstić information content (AvgIpc) is 3.38. The highest BCUT2D eigenvalue weighted by atomic mass is 32.1. The highest BCUT2D eigenvalue weighted by molar-refractivity contribution is 7.11. The van der Waals surface area contributed by atoms with Crippen LogP contribution in [0.3, 0.4) is 0 Å². The molecule has 1 saturated heterocycles. The third-order valence-corrected chi connectivity index (χ3v) is 10.8. The van der Waals surface area contributed by atoms with Crippen molar-refractivity contribution < 1.29 is 28.8 Å². The summed E-state index contributed by atoms with van der Waals surface area (Å²) < 4.78 is 0. The minimum Gasteiger partial charge on any atom is -0.363 e. The van der Waals surface area contributed by atoms with Gasteiger partial charge in [0.15, 0.2) is 5.01 Å². The van der Waals surface area contributed by atoms with Gasteiger partial charge in [-0.2, -0.15) is 0 Å². The number of nitrogens with zero attached hydrogens (tertiary/aromatic N) is 2. The summed E-state index contributed by atoms with van der Waals surface area (Å²) in [7, 11) is 0. The van der Waals surface area contributed by atoms with Crippen LogP contribution >= 0.6 is 11.3 Å². The number of rotatable bonds is 13. The van der Waals surface area contributed by atoms with Crippen LogP contribution in [0.15, 0.2) is 11.6 Å². The van der Waals surface area contributed by atoms with Crippen LogP contribution in [0.5, 0.6) is 0 Å². The predicted octanol–water partition coefficient (Wildman–Crippen LogP) is 2.67. The van der Waals surface area contributed by atoms with Gasteiger partial charge in [0.1, 0.15) is 12.1 Å². The molecule has 1 unspecified atom stereocenters. The second-order valence-electron chi connectivity index (χ2n) is 14.9. The number of aromatic nitrogens is 1. The van der Waals surface area contributed by atoms with Crippen molar-refractivity contribution in [1.82, 2.24) is 25.8 Å². The molecule has 2 heterocycles. The highest BCUT2D eigenvalue weighted by Crippen LogP contribution is 2.65. The van der Waals surface area contributed by atoms with Crippen LogP contribution in [0, 0.1) is 34.5 Å². The topological polar surface area (TPSA) is 181 Å². The maximum absolute atomic E-state index is 14.2. The minimum atomic E-state index is -1.10. The molecule has 2 aliphatic carbocycles. The number of amides is 5. The zero-order valence-electron chi connectivity index (χ0n) is 27.3. The van der Waals surface area contributed by atoms with E-state index in [-0.39, 0.29) is 34.0 Å². The van der Waals surface area contributed by atoms with Gasteiger partial charge in [0, 0.05) is 18.1 Å². The Morgan fingerprint density at radius 2 is 1.76 bits per heavy atom. The summed E-state index contributed by atoms with van der Waals surface area (Å²) in [6.07, 6.45) is 5.77. The molecule has 4 rings (SSSR count). The molecule has 3 aliphatic rings. The van der Waals surface area contributed by atoms with Crippen LogP contribution in [0.1, 0.15) is 90.4 Å². The van der Waals surface area contributed by atoms with Gasteiger partial charge in [-0.25, -0.2) is 9.78 Å². The van der Waals surface area contributed by atoms with E-state index in [9.17, 15) is 28.8 Å². The average molecular weight is 645 g/mol. The van der Waals surface area contributed by atoms with Gasteiger partial charge in [0.25, 0.3) is 5.91 Å². The van der Waals surface area contributed by atoms with Gasteiger partial charge in [-0.05, 0) is 47.3 Å². The maximum Gasteiger partial charge on any atom is 0.316 e. The van der Waals surface area contributed by atoms with Crippen LogP contribution in [0.25, 0.3) is 0 Å². The number of hydrogen-bond acceptors (Lipinski definition) is 8. The molecule has 0 aromatic carbocycles. The van der Waals surface area contributed by atoms with Gasteiger partial charge in [-0.1, -0.05) is 67.7 Å². The molecule has 0 radical (unpaired) electrons. The third-order valence-electron chi connectivity index (χ3n) is 9.99. The Hall–Kier alpha value is -3.35. The maximum atomic E-state index is 14.2. The Kier molecular flexibility index (Phi) is 10.1. The number of thiazole rings is 1. The fourth-order valence-electron chi connectivity index (χ4n) is 6.84. The number of ketones is 2. The number of fused-ring (bicyclic) bond motifs is 1. The number of nitrogens with two attached hydrogens (primary N) is 1. The van der Waals surface area contributed by atoms with Crippen molar-refractivity contribution in [3.63, 3.8) is 0 Å². The van der Waals surface area contributed by atoms with E-state index in [1.165, 1.54) is 22.4 Å². The molecular formula is C32H48N6O6S. The van der Waals surface area contributed by atoms with E-state index < -0.39 is 59.1 Å². The summed E-state index contributed by atoms with van der Waals surface area (Å²) in [5.74, 6) is -3.06. The fourth-order valence-corrected chi connectivity index (χ4v) is 7.45. The van der Waals surface area contributed by atoms with Crippen LogP contribution in [-0.4, -0.2) is 75.9 Å². The lowest BCUT2D eigenvalue weighted by Gasteiger charge is -2.38. The van der Waals surface area contributed by atoms with Crippen LogP contribution in [-0.2, 0) is 19.2 Å². The molecule has 45 heavy (non-hydrogen) atoms. The first-order valence-corrected chi connectivity index (χ1v) is 16.8. The number of carbonyl (C=O) groups is 6. The molecule has 0 bridgehead atoms. The molecule has 5 N–H and O–H groups in total. The molecule has 248 valence electrons. The van der Waals surface area contributed by atoms with E-state index in [0.29, 0.717) is 25.3 Å².